The van der Waals surface area contributed by atoms with Crippen molar-refractivity contribution in [3.8, 4) is 5.75 Å². The molecule has 0 amide bonds. The van der Waals surface area contributed by atoms with Gasteiger partial charge in [0, 0.05) is 32.6 Å². The van der Waals surface area contributed by atoms with Gasteiger partial charge in [-0.05, 0) is 24.3 Å². The predicted octanol–water partition coefficient (Wildman–Crippen LogP) is 1.18. The van der Waals surface area contributed by atoms with Crippen LogP contribution in [0.3, 0.4) is 0 Å². The molecule has 2 rings (SSSR count). The van der Waals surface area contributed by atoms with E-state index in [1.165, 1.54) is 24.4 Å². The number of aromatic nitrogens is 1. The molecule has 5 nitrogen and oxygen atoms in total. The minimum absolute atomic E-state index is 0. The standard InChI is InChI=1S/C9H7NO4S.Mo/c11-7-3-4-8(15(12,13)14)6-2-1-5-10-9(6)7;/h1-5,11H,(H,12,13,14);. The maximum absolute atomic E-state index is 11.0. The fourth-order valence-electron chi connectivity index (χ4n) is 1.36. The second-order valence-electron chi connectivity index (χ2n) is 2.96. The summed E-state index contributed by atoms with van der Waals surface area (Å²) in [5, 5.41) is 9.62. The Morgan fingerprint density at radius 3 is 2.50 bits per heavy atom. The second kappa shape index (κ2) is 4.49. The van der Waals surface area contributed by atoms with Gasteiger partial charge < -0.3 is 5.11 Å². The Morgan fingerprint density at radius 1 is 1.19 bits per heavy atom. The molecule has 0 aliphatic carbocycles. The van der Waals surface area contributed by atoms with Crippen molar-refractivity contribution in [3.63, 3.8) is 0 Å². The number of nitrogens with zero attached hydrogens (tertiary/aromatic N) is 1. The van der Waals surface area contributed by atoms with E-state index < -0.39 is 10.1 Å². The van der Waals surface area contributed by atoms with Gasteiger partial charge in [0.2, 0.25) is 0 Å². The Hall–Kier alpha value is -0.972. The van der Waals surface area contributed by atoms with E-state index >= 15 is 0 Å². The number of rotatable bonds is 1. The van der Waals surface area contributed by atoms with Crippen LogP contribution in [0.4, 0.5) is 0 Å². The summed E-state index contributed by atoms with van der Waals surface area (Å²) in [6, 6.07) is 5.30. The van der Waals surface area contributed by atoms with Gasteiger partial charge in [-0.25, -0.2) is 0 Å². The van der Waals surface area contributed by atoms with Gasteiger partial charge in [0.15, 0.2) is 0 Å². The molecule has 0 atom stereocenters. The number of hydrogen-bond acceptors (Lipinski definition) is 4. The molecule has 1 aromatic heterocycles. The minimum Gasteiger partial charge on any atom is -0.506 e. The largest absolute Gasteiger partial charge is 0.506 e. The molecule has 0 fully saturated rings. The number of fused-ring (bicyclic) bond motifs is 1. The van der Waals surface area contributed by atoms with E-state index in [4.69, 9.17) is 4.55 Å². The maximum Gasteiger partial charge on any atom is 0.295 e. The van der Waals surface area contributed by atoms with Gasteiger partial charge in [-0.3, -0.25) is 9.54 Å². The van der Waals surface area contributed by atoms with E-state index in [9.17, 15) is 13.5 Å². The summed E-state index contributed by atoms with van der Waals surface area (Å²) in [6.07, 6.45) is 1.43. The summed E-state index contributed by atoms with van der Waals surface area (Å²) in [5.41, 5.74) is 0.146. The van der Waals surface area contributed by atoms with Crippen LogP contribution in [0.2, 0.25) is 0 Å². The molecule has 2 aromatic rings. The normalized spacial score (nSPS) is 11.1. The van der Waals surface area contributed by atoms with Gasteiger partial charge in [0.25, 0.3) is 10.1 Å². The molecule has 0 radical (unpaired) electrons. The number of benzene rings is 1. The first-order chi connectivity index (χ1) is 7.00. The van der Waals surface area contributed by atoms with Crippen LogP contribution in [0, 0.1) is 0 Å². The molecule has 0 unspecified atom stereocenters. The Morgan fingerprint density at radius 2 is 1.88 bits per heavy atom. The van der Waals surface area contributed by atoms with Crippen LogP contribution in [0.15, 0.2) is 35.4 Å². The summed E-state index contributed by atoms with van der Waals surface area (Å²) < 4.78 is 30.9. The van der Waals surface area contributed by atoms with Crippen LogP contribution >= 0.6 is 0 Å². The molecular formula is C9H7MoNO4S. The van der Waals surface area contributed by atoms with Crippen LogP contribution < -0.4 is 0 Å². The molecule has 84 valence electrons. The first kappa shape index (κ1) is 13.1. The predicted molar refractivity (Wildman–Crippen MR) is 53.2 cm³/mol. The van der Waals surface area contributed by atoms with E-state index in [1.54, 1.807) is 0 Å². The monoisotopic (exact) mass is 323 g/mol. The molecule has 2 N–H and O–H groups in total. The van der Waals surface area contributed by atoms with Crippen molar-refractivity contribution < 1.29 is 39.1 Å². The number of pyridine rings is 1. The average Bonchev–Trinajstić information content (AvgIpc) is 2.17. The summed E-state index contributed by atoms with van der Waals surface area (Å²) in [4.78, 5) is 3.57. The van der Waals surface area contributed by atoms with E-state index in [-0.39, 0.29) is 42.6 Å². The third-order valence-electron chi connectivity index (χ3n) is 1.99. The smallest absolute Gasteiger partial charge is 0.295 e. The molecular weight excluding hydrogens is 314 g/mol. The van der Waals surface area contributed by atoms with Gasteiger partial charge in [0.1, 0.15) is 16.2 Å². The molecule has 1 aromatic carbocycles. The van der Waals surface area contributed by atoms with Gasteiger partial charge in [-0.1, -0.05) is 0 Å². The van der Waals surface area contributed by atoms with Gasteiger partial charge in [-0.15, -0.1) is 0 Å². The molecule has 0 aliphatic rings. The van der Waals surface area contributed by atoms with Crippen LogP contribution in [0.5, 0.6) is 5.75 Å². The second-order valence-corrected chi connectivity index (χ2v) is 4.35. The van der Waals surface area contributed by atoms with Crippen LogP contribution in [0.25, 0.3) is 10.9 Å². The fourth-order valence-corrected chi connectivity index (χ4v) is 2.04. The third-order valence-corrected chi connectivity index (χ3v) is 2.90. The SMILES string of the molecule is O=S(=O)(O)c1ccc(O)c2ncccc12.[Mo]. The van der Waals surface area contributed by atoms with E-state index in [0.29, 0.717) is 0 Å². The van der Waals surface area contributed by atoms with Crippen molar-refractivity contribution in [3.05, 3.63) is 30.5 Å². The number of phenolic OH excluding ortho intramolecular Hbond substituents is 1. The zero-order valence-corrected chi connectivity index (χ0v) is 10.7. The Bertz CT molecular complexity index is 626. The molecule has 7 heteroatoms. The third kappa shape index (κ3) is 2.24. The fraction of sp³-hybridized carbons (Fsp3) is 0. The molecule has 1 heterocycles. The average molecular weight is 321 g/mol. The molecule has 0 saturated heterocycles. The first-order valence-electron chi connectivity index (χ1n) is 4.04. The zero-order chi connectivity index (χ0) is 11.1. The van der Waals surface area contributed by atoms with Crippen molar-refractivity contribution in [2.24, 2.45) is 0 Å². The number of phenols is 1. The van der Waals surface area contributed by atoms with Crippen LogP contribution in [0.1, 0.15) is 0 Å². The van der Waals surface area contributed by atoms with Crippen molar-refractivity contribution in [1.29, 1.82) is 0 Å². The van der Waals surface area contributed by atoms with Crippen molar-refractivity contribution >= 4 is 21.0 Å². The summed E-state index contributed by atoms with van der Waals surface area (Å²) in [5.74, 6) is -0.127. The molecule has 16 heavy (non-hydrogen) atoms. The molecule has 0 spiro atoms. The van der Waals surface area contributed by atoms with Crippen molar-refractivity contribution in [1.82, 2.24) is 4.98 Å². The van der Waals surface area contributed by atoms with Gasteiger partial charge in [0.05, 0.1) is 0 Å². The summed E-state index contributed by atoms with van der Waals surface area (Å²) >= 11 is 0. The Kier molecular flexibility index (Phi) is 3.67. The van der Waals surface area contributed by atoms with Crippen molar-refractivity contribution in [2.45, 2.75) is 4.90 Å². The van der Waals surface area contributed by atoms with E-state index in [2.05, 4.69) is 4.98 Å². The Balaban J connectivity index is 0.00000128. The van der Waals surface area contributed by atoms with Crippen LogP contribution in [-0.2, 0) is 31.2 Å². The summed E-state index contributed by atoms with van der Waals surface area (Å²) in [6.45, 7) is 0. The quantitative estimate of drug-likeness (QED) is 0.608. The maximum atomic E-state index is 11.0. The Labute approximate surface area is 106 Å². The first-order valence-corrected chi connectivity index (χ1v) is 5.48. The van der Waals surface area contributed by atoms with Gasteiger partial charge in [-0.2, -0.15) is 8.42 Å². The van der Waals surface area contributed by atoms with Crippen molar-refractivity contribution in [2.75, 3.05) is 0 Å². The minimum atomic E-state index is -4.30. The number of hydrogen-bond donors (Lipinski definition) is 2. The van der Waals surface area contributed by atoms with Crippen LogP contribution in [-0.4, -0.2) is 23.1 Å². The topological polar surface area (TPSA) is 87.5 Å². The van der Waals surface area contributed by atoms with Gasteiger partial charge >= 0.3 is 0 Å². The zero-order valence-electron chi connectivity index (χ0n) is 7.86. The van der Waals surface area contributed by atoms with E-state index in [0.717, 1.165) is 6.07 Å². The molecule has 0 aliphatic heterocycles. The molecule has 0 saturated carbocycles. The van der Waals surface area contributed by atoms with E-state index in [1.807, 2.05) is 0 Å². The summed E-state index contributed by atoms with van der Waals surface area (Å²) in [7, 11) is -4.30. The molecule has 0 bridgehead atoms. The number of aromatic hydroxyl groups is 1.